The van der Waals surface area contributed by atoms with E-state index < -0.39 is 0 Å². The van der Waals surface area contributed by atoms with Crippen LogP contribution in [0.3, 0.4) is 0 Å². The van der Waals surface area contributed by atoms with E-state index in [1.165, 1.54) is 22.0 Å². The summed E-state index contributed by atoms with van der Waals surface area (Å²) in [6, 6.07) is 5.03. The second kappa shape index (κ2) is 6.14. The smallest absolute Gasteiger partial charge is 0.126 e. The Bertz CT molecular complexity index is 887. The highest BCUT2D eigenvalue weighted by Gasteiger charge is 2.27. The quantitative estimate of drug-likeness (QED) is 0.755. The van der Waals surface area contributed by atoms with Gasteiger partial charge in [0.2, 0.25) is 0 Å². The average Bonchev–Trinajstić information content (AvgIpc) is 2.95. The lowest BCUT2D eigenvalue weighted by atomic mass is 9.91. The Morgan fingerprint density at radius 1 is 1.32 bits per heavy atom. The first-order valence-corrected chi connectivity index (χ1v) is 9.38. The van der Waals surface area contributed by atoms with Gasteiger partial charge in [-0.2, -0.15) is 0 Å². The van der Waals surface area contributed by atoms with Crippen LogP contribution in [0.5, 0.6) is 0 Å². The second-order valence-electron chi connectivity index (χ2n) is 7.79. The standard InChI is InChI=1S/C22H27FN2/c1-5-24(4)17-11-16-8-15(3)10-19-20(13-25(12-17)22(16)19)18-9-14(2)6-7-21(18)23/h7-10,13-14,17H,5-6,11-12H2,1-4H3. The number of nitrogens with zero attached hydrogens (tertiary/aromatic N) is 2. The summed E-state index contributed by atoms with van der Waals surface area (Å²) in [5.74, 6) is 0.322. The van der Waals surface area contributed by atoms with Gasteiger partial charge in [0.25, 0.3) is 0 Å². The predicted molar refractivity (Wildman–Crippen MR) is 103 cm³/mol. The molecule has 0 saturated carbocycles. The van der Waals surface area contributed by atoms with Crippen LogP contribution < -0.4 is 0 Å². The first kappa shape index (κ1) is 16.6. The van der Waals surface area contributed by atoms with E-state index in [0.717, 1.165) is 37.1 Å². The number of rotatable bonds is 3. The Kier molecular flexibility index (Phi) is 4.07. The van der Waals surface area contributed by atoms with Gasteiger partial charge >= 0.3 is 0 Å². The predicted octanol–water partition coefficient (Wildman–Crippen LogP) is 5.10. The topological polar surface area (TPSA) is 8.17 Å². The van der Waals surface area contributed by atoms with Gasteiger partial charge in [-0.05, 0) is 57.0 Å². The zero-order valence-corrected chi connectivity index (χ0v) is 15.6. The van der Waals surface area contributed by atoms with Crippen molar-refractivity contribution in [3.05, 3.63) is 53.0 Å². The molecule has 0 saturated heterocycles. The van der Waals surface area contributed by atoms with Crippen LogP contribution >= 0.6 is 0 Å². The summed E-state index contributed by atoms with van der Waals surface area (Å²) in [6.07, 6.45) is 7.89. The molecule has 1 aliphatic carbocycles. The molecule has 0 fully saturated rings. The van der Waals surface area contributed by atoms with Crippen LogP contribution in [-0.2, 0) is 13.0 Å². The van der Waals surface area contributed by atoms with E-state index in [2.05, 4.69) is 61.7 Å². The molecule has 2 nitrogen and oxygen atoms in total. The molecule has 2 heterocycles. The van der Waals surface area contributed by atoms with Crippen LogP contribution in [0.2, 0.25) is 0 Å². The van der Waals surface area contributed by atoms with Crippen molar-refractivity contribution >= 4 is 16.5 Å². The molecule has 0 spiro atoms. The second-order valence-corrected chi connectivity index (χ2v) is 7.79. The summed E-state index contributed by atoms with van der Waals surface area (Å²) in [4.78, 5) is 2.42. The fourth-order valence-corrected chi connectivity index (χ4v) is 4.35. The van der Waals surface area contributed by atoms with Crippen molar-refractivity contribution in [2.45, 2.75) is 46.2 Å². The van der Waals surface area contributed by atoms with Crippen LogP contribution in [0.25, 0.3) is 16.5 Å². The zero-order valence-electron chi connectivity index (χ0n) is 15.6. The SMILES string of the molecule is CCN(C)C1Cc2cc(C)cc3c(C4=CC(C)CC=C4F)cn(c23)C1. The fraction of sp³-hybridized carbons (Fsp3) is 0.455. The molecule has 1 aromatic heterocycles. The highest BCUT2D eigenvalue weighted by atomic mass is 19.1. The van der Waals surface area contributed by atoms with E-state index in [0.29, 0.717) is 12.0 Å². The molecule has 132 valence electrons. The summed E-state index contributed by atoms with van der Waals surface area (Å²) < 4.78 is 17.0. The largest absolute Gasteiger partial charge is 0.345 e. The van der Waals surface area contributed by atoms with Gasteiger partial charge in [0.15, 0.2) is 0 Å². The third-order valence-electron chi connectivity index (χ3n) is 5.85. The Labute approximate surface area is 149 Å². The van der Waals surface area contributed by atoms with E-state index >= 15 is 0 Å². The fourth-order valence-electron chi connectivity index (χ4n) is 4.35. The molecule has 4 rings (SSSR count). The number of benzene rings is 1. The Morgan fingerprint density at radius 2 is 2.12 bits per heavy atom. The molecule has 2 unspecified atom stereocenters. The van der Waals surface area contributed by atoms with Gasteiger partial charge < -0.3 is 9.47 Å². The molecule has 25 heavy (non-hydrogen) atoms. The van der Waals surface area contributed by atoms with E-state index in [1.54, 1.807) is 6.08 Å². The normalized spacial score (nSPS) is 23.1. The molecular formula is C22H27FN2. The number of likely N-dealkylation sites (N-methyl/N-ethyl adjacent to an activating group) is 1. The lowest BCUT2D eigenvalue weighted by Crippen LogP contribution is -2.39. The van der Waals surface area contributed by atoms with Gasteiger partial charge in [-0.1, -0.05) is 31.6 Å². The van der Waals surface area contributed by atoms with Crippen molar-refractivity contribution in [2.24, 2.45) is 5.92 Å². The maximum absolute atomic E-state index is 14.6. The number of aryl methyl sites for hydroxylation is 1. The van der Waals surface area contributed by atoms with Crippen LogP contribution in [0.1, 0.15) is 37.0 Å². The van der Waals surface area contributed by atoms with Crippen molar-refractivity contribution in [2.75, 3.05) is 13.6 Å². The molecule has 2 atom stereocenters. The molecule has 1 aliphatic heterocycles. The van der Waals surface area contributed by atoms with E-state index in [9.17, 15) is 4.39 Å². The highest BCUT2D eigenvalue weighted by molar-refractivity contribution is 5.98. The van der Waals surface area contributed by atoms with Gasteiger partial charge in [0.05, 0.1) is 5.52 Å². The molecule has 1 aromatic carbocycles. The van der Waals surface area contributed by atoms with Crippen molar-refractivity contribution < 1.29 is 4.39 Å². The molecular weight excluding hydrogens is 311 g/mol. The lowest BCUT2D eigenvalue weighted by molar-refractivity contribution is 0.225. The number of hydrogen-bond donors (Lipinski definition) is 0. The van der Waals surface area contributed by atoms with E-state index in [4.69, 9.17) is 0 Å². The Balaban J connectivity index is 1.89. The van der Waals surface area contributed by atoms with E-state index in [-0.39, 0.29) is 5.83 Å². The van der Waals surface area contributed by atoms with E-state index in [1.807, 2.05) is 0 Å². The molecule has 2 aliphatic rings. The molecule has 0 radical (unpaired) electrons. The third-order valence-corrected chi connectivity index (χ3v) is 5.85. The minimum Gasteiger partial charge on any atom is -0.345 e. The first-order chi connectivity index (χ1) is 12.0. The summed E-state index contributed by atoms with van der Waals surface area (Å²) in [7, 11) is 2.20. The van der Waals surface area contributed by atoms with Gasteiger partial charge in [-0.25, -0.2) is 4.39 Å². The summed E-state index contributed by atoms with van der Waals surface area (Å²) in [5.41, 5.74) is 5.79. The Morgan fingerprint density at radius 3 is 2.88 bits per heavy atom. The average molecular weight is 338 g/mol. The lowest BCUT2D eigenvalue weighted by Gasteiger charge is -2.32. The summed E-state index contributed by atoms with van der Waals surface area (Å²) in [5, 5.41) is 1.21. The molecule has 0 bridgehead atoms. The summed E-state index contributed by atoms with van der Waals surface area (Å²) in [6.45, 7) is 8.53. The molecule has 0 N–H and O–H groups in total. The van der Waals surface area contributed by atoms with Gasteiger partial charge in [0.1, 0.15) is 5.83 Å². The monoisotopic (exact) mass is 338 g/mol. The van der Waals surface area contributed by atoms with Gasteiger partial charge in [0, 0.05) is 35.3 Å². The minimum atomic E-state index is -0.0679. The van der Waals surface area contributed by atoms with Gasteiger partial charge in [-0.15, -0.1) is 0 Å². The number of halogens is 1. The first-order valence-electron chi connectivity index (χ1n) is 9.38. The van der Waals surface area contributed by atoms with Crippen molar-refractivity contribution in [1.82, 2.24) is 9.47 Å². The molecule has 0 amide bonds. The number of aromatic nitrogens is 1. The van der Waals surface area contributed by atoms with Gasteiger partial charge in [-0.3, -0.25) is 0 Å². The van der Waals surface area contributed by atoms with Crippen LogP contribution in [-0.4, -0.2) is 29.1 Å². The third kappa shape index (κ3) is 2.75. The zero-order chi connectivity index (χ0) is 17.7. The molecule has 3 heteroatoms. The maximum atomic E-state index is 14.6. The summed E-state index contributed by atoms with van der Waals surface area (Å²) >= 11 is 0. The highest BCUT2D eigenvalue weighted by Crippen LogP contribution is 2.39. The van der Waals surface area contributed by atoms with Crippen molar-refractivity contribution in [3.63, 3.8) is 0 Å². The number of allylic oxidation sites excluding steroid dienone is 4. The number of hydrogen-bond acceptors (Lipinski definition) is 1. The molecule has 2 aromatic rings. The maximum Gasteiger partial charge on any atom is 0.126 e. The van der Waals surface area contributed by atoms with Crippen molar-refractivity contribution in [1.29, 1.82) is 0 Å². The minimum absolute atomic E-state index is 0.0679. The Hall–Kier alpha value is -1.87. The van der Waals surface area contributed by atoms with Crippen LogP contribution in [0.15, 0.2) is 36.3 Å². The van der Waals surface area contributed by atoms with Crippen LogP contribution in [0, 0.1) is 12.8 Å². The van der Waals surface area contributed by atoms with Crippen LogP contribution in [0.4, 0.5) is 4.39 Å². The van der Waals surface area contributed by atoms with Crippen molar-refractivity contribution in [3.8, 4) is 0 Å².